The van der Waals surface area contributed by atoms with Crippen molar-refractivity contribution in [2.45, 2.75) is 57.8 Å². The summed E-state index contributed by atoms with van der Waals surface area (Å²) < 4.78 is 59.2. The topological polar surface area (TPSA) is 0 Å². The first-order chi connectivity index (χ1) is 9.92. The molecule has 0 heterocycles. The summed E-state index contributed by atoms with van der Waals surface area (Å²) in [6.07, 6.45) is 22.4. The van der Waals surface area contributed by atoms with Gasteiger partial charge in [-0.05, 0) is 24.7 Å². The molecule has 0 aromatic carbocycles. The number of hydrogen-bond donors (Lipinski definition) is 0. The van der Waals surface area contributed by atoms with Crippen LogP contribution in [0.1, 0.15) is 57.8 Å². The van der Waals surface area contributed by atoms with Crippen LogP contribution in [-0.2, 0) is 19.5 Å². The van der Waals surface area contributed by atoms with Gasteiger partial charge in [0.1, 0.15) is 0 Å². The zero-order chi connectivity index (χ0) is 16.8. The van der Waals surface area contributed by atoms with Gasteiger partial charge in [-0.2, -0.15) is 0 Å². The Balaban J connectivity index is 0.000000330. The van der Waals surface area contributed by atoms with Crippen molar-refractivity contribution in [1.82, 2.24) is 0 Å². The van der Waals surface area contributed by atoms with Gasteiger partial charge in [-0.3, -0.25) is 0 Å². The van der Waals surface area contributed by atoms with Crippen LogP contribution >= 0.6 is 7.81 Å². The SMILES string of the molecule is C1=CC2CCCCC2C=C1.C1CCCC1.F[P-](F)(F)(F)(F)F.[Ru+]. The molecule has 0 nitrogen and oxygen atoms in total. The second kappa shape index (κ2) is 8.47. The van der Waals surface area contributed by atoms with Crippen molar-refractivity contribution in [3.05, 3.63) is 24.3 Å². The van der Waals surface area contributed by atoms with Crippen molar-refractivity contribution in [3.8, 4) is 0 Å². The third-order valence-electron chi connectivity index (χ3n) is 3.95. The van der Waals surface area contributed by atoms with Gasteiger partial charge in [0.15, 0.2) is 0 Å². The monoisotopic (exact) mass is 451 g/mol. The van der Waals surface area contributed by atoms with Crippen LogP contribution in [0.2, 0.25) is 0 Å². The van der Waals surface area contributed by atoms with E-state index in [0.717, 1.165) is 11.8 Å². The van der Waals surface area contributed by atoms with E-state index in [1.807, 2.05) is 0 Å². The standard InChI is InChI=1S/C10H14.C5H10.F6P.Ru/c1-2-6-10-8-4-3-7-9(10)5-1;1-2-4-5-3-1;1-7(2,3,4,5)6;/h1-2,5-6,9-10H,3-4,7-8H2;1-5H2;;/q;;-1;+1. The van der Waals surface area contributed by atoms with Crippen LogP contribution in [0.5, 0.6) is 0 Å². The minimum Gasteiger partial charge on any atom is 1.00 e. The first-order valence-corrected chi connectivity index (χ1v) is 9.86. The average Bonchev–Trinajstić information content (AvgIpc) is 2.94. The van der Waals surface area contributed by atoms with Crippen molar-refractivity contribution in [1.29, 1.82) is 0 Å². The van der Waals surface area contributed by atoms with E-state index >= 15 is 0 Å². The van der Waals surface area contributed by atoms with Crippen LogP contribution in [0.15, 0.2) is 24.3 Å². The van der Waals surface area contributed by atoms with Crippen LogP contribution in [0.25, 0.3) is 0 Å². The number of fused-ring (bicyclic) bond motifs is 1. The maximum atomic E-state index is 9.87. The summed E-state index contributed by atoms with van der Waals surface area (Å²) in [5, 5.41) is 0. The maximum absolute atomic E-state index is 10.7. The molecule has 3 aliphatic carbocycles. The van der Waals surface area contributed by atoms with E-state index in [9.17, 15) is 25.2 Å². The Morgan fingerprint density at radius 1 is 0.565 bits per heavy atom. The minimum absolute atomic E-state index is 0. The molecule has 0 amide bonds. The van der Waals surface area contributed by atoms with Gasteiger partial charge < -0.3 is 0 Å². The van der Waals surface area contributed by atoms with Gasteiger partial charge in [0.2, 0.25) is 0 Å². The van der Waals surface area contributed by atoms with Crippen LogP contribution < -0.4 is 0 Å². The zero-order valence-corrected chi connectivity index (χ0v) is 15.5. The predicted molar refractivity (Wildman–Crippen MR) is 80.4 cm³/mol. The van der Waals surface area contributed by atoms with E-state index in [2.05, 4.69) is 24.3 Å². The molecule has 0 spiro atoms. The van der Waals surface area contributed by atoms with Crippen LogP contribution in [0, 0.1) is 11.8 Å². The molecule has 0 aliphatic heterocycles. The van der Waals surface area contributed by atoms with Gasteiger partial charge in [-0.1, -0.05) is 69.2 Å². The van der Waals surface area contributed by atoms with Gasteiger partial charge in [0.25, 0.3) is 0 Å². The number of allylic oxidation sites excluding steroid dienone is 4. The normalized spacial score (nSPS) is 28.6. The van der Waals surface area contributed by atoms with E-state index in [1.54, 1.807) is 0 Å². The molecule has 0 saturated heterocycles. The fourth-order valence-electron chi connectivity index (χ4n) is 2.96. The maximum Gasteiger partial charge on any atom is 1.00 e. The smallest absolute Gasteiger partial charge is 1.00 e. The van der Waals surface area contributed by atoms with Gasteiger partial charge in [-0.25, -0.2) is 0 Å². The summed E-state index contributed by atoms with van der Waals surface area (Å²) in [5.74, 6) is 1.78. The van der Waals surface area contributed by atoms with Crippen LogP contribution in [-0.4, -0.2) is 0 Å². The first kappa shape index (κ1) is 23.1. The summed E-state index contributed by atoms with van der Waals surface area (Å²) in [4.78, 5) is 0. The Morgan fingerprint density at radius 3 is 1.09 bits per heavy atom. The number of halogens is 6. The van der Waals surface area contributed by atoms with Gasteiger partial charge in [-0.15, -0.1) is 0 Å². The molecule has 2 fully saturated rings. The summed E-state index contributed by atoms with van der Waals surface area (Å²) >= 11 is 0. The Labute approximate surface area is 146 Å². The predicted octanol–water partition coefficient (Wildman–Crippen LogP) is 8.25. The summed E-state index contributed by atoms with van der Waals surface area (Å²) in [6.45, 7) is 0. The molecular formula is C15H24F6PRu. The molecule has 3 rings (SSSR count). The molecule has 139 valence electrons. The largest absolute Gasteiger partial charge is 1.00 e. The fraction of sp³-hybridized carbons (Fsp3) is 0.733. The molecule has 3 aliphatic rings. The first-order valence-electron chi connectivity index (χ1n) is 7.83. The number of hydrogen-bond acceptors (Lipinski definition) is 0. The van der Waals surface area contributed by atoms with Crippen molar-refractivity contribution in [2.24, 2.45) is 11.8 Å². The molecule has 23 heavy (non-hydrogen) atoms. The molecule has 0 aromatic heterocycles. The van der Waals surface area contributed by atoms with E-state index in [-0.39, 0.29) is 19.5 Å². The quantitative estimate of drug-likeness (QED) is 0.198. The Kier molecular flexibility index (Phi) is 8.51. The Hall–Kier alpha value is 0.113. The van der Waals surface area contributed by atoms with Crippen molar-refractivity contribution in [3.63, 3.8) is 0 Å². The fourth-order valence-corrected chi connectivity index (χ4v) is 2.96. The van der Waals surface area contributed by atoms with Crippen LogP contribution in [0.4, 0.5) is 25.2 Å². The second-order valence-corrected chi connectivity index (χ2v) is 8.02. The molecule has 0 bridgehead atoms. The summed E-state index contributed by atoms with van der Waals surface area (Å²) in [6, 6.07) is 0. The average molecular weight is 450 g/mol. The third kappa shape index (κ3) is 16.7. The summed E-state index contributed by atoms with van der Waals surface area (Å²) in [7, 11) is -10.7. The molecule has 8 heteroatoms. The van der Waals surface area contributed by atoms with E-state index in [1.165, 1.54) is 57.8 Å². The van der Waals surface area contributed by atoms with Crippen LogP contribution in [0.3, 0.4) is 0 Å². The molecule has 2 atom stereocenters. The van der Waals surface area contributed by atoms with Crippen molar-refractivity contribution in [2.75, 3.05) is 0 Å². The van der Waals surface area contributed by atoms with E-state index < -0.39 is 7.81 Å². The summed E-state index contributed by atoms with van der Waals surface area (Å²) in [5.41, 5.74) is 0. The van der Waals surface area contributed by atoms with E-state index in [4.69, 9.17) is 0 Å². The molecule has 2 saturated carbocycles. The molecule has 0 aromatic rings. The molecular weight excluding hydrogens is 426 g/mol. The Morgan fingerprint density at radius 2 is 0.826 bits per heavy atom. The molecule has 2 unspecified atom stereocenters. The second-order valence-electron chi connectivity index (χ2n) is 6.11. The van der Waals surface area contributed by atoms with Gasteiger partial charge in [0, 0.05) is 0 Å². The van der Waals surface area contributed by atoms with E-state index in [0.29, 0.717) is 0 Å². The van der Waals surface area contributed by atoms with Crippen molar-refractivity contribution >= 4 is 7.81 Å². The number of rotatable bonds is 0. The third-order valence-corrected chi connectivity index (χ3v) is 3.95. The molecule has 1 radical (unpaired) electrons. The Bertz CT molecular complexity index is 357. The molecule has 0 N–H and O–H groups in total. The van der Waals surface area contributed by atoms with Crippen molar-refractivity contribution < 1.29 is 44.7 Å². The van der Waals surface area contributed by atoms with Gasteiger partial charge >= 0.3 is 52.5 Å². The zero-order valence-electron chi connectivity index (χ0n) is 12.9. The van der Waals surface area contributed by atoms with Gasteiger partial charge in [0.05, 0.1) is 0 Å². The minimum atomic E-state index is -10.7.